The lowest BCUT2D eigenvalue weighted by molar-refractivity contribution is 0.0801. The lowest BCUT2D eigenvalue weighted by Crippen LogP contribution is -2.55. The van der Waals surface area contributed by atoms with Crippen LogP contribution in [0, 0.1) is 0 Å². The third-order valence-corrected chi connectivity index (χ3v) is 6.70. The van der Waals surface area contributed by atoms with Crippen LogP contribution in [0.2, 0.25) is 0 Å². The number of nitrogens with zero attached hydrogens (tertiary/aromatic N) is 3. The molecule has 0 spiro atoms. The molecule has 2 rings (SSSR count). The summed E-state index contributed by atoms with van der Waals surface area (Å²) < 4.78 is 24.7. The quantitative estimate of drug-likeness (QED) is 0.637. The van der Waals surface area contributed by atoms with Gasteiger partial charge in [-0.15, -0.1) is 0 Å². The highest BCUT2D eigenvalue weighted by Crippen LogP contribution is 2.16. The lowest BCUT2D eigenvalue weighted by atomic mass is 10.2. The van der Waals surface area contributed by atoms with E-state index in [0.717, 1.165) is 19.6 Å². The first-order valence-corrected chi connectivity index (χ1v) is 10.2. The maximum atomic E-state index is 12.3. The molecular weight excluding hydrogens is 318 g/mol. The van der Waals surface area contributed by atoms with Crippen molar-refractivity contribution in [1.82, 2.24) is 14.7 Å². The Morgan fingerprint density at radius 1 is 0.913 bits per heavy atom. The Bertz CT molecular complexity index is 469. The number of fused-ring (bicyclic) bond motifs is 2. The minimum Gasteiger partial charge on any atom is -0.392 e. The Morgan fingerprint density at radius 3 is 2.13 bits per heavy atom. The zero-order valence-electron chi connectivity index (χ0n) is 14.3. The Morgan fingerprint density at radius 2 is 1.48 bits per heavy atom. The number of rotatable bonds is 4. The Labute approximate surface area is 139 Å². The van der Waals surface area contributed by atoms with Crippen LogP contribution in [0.25, 0.3) is 0 Å². The van der Waals surface area contributed by atoms with Gasteiger partial charge in [0.1, 0.15) is 0 Å². The fraction of sp³-hybridized carbons (Fsp3) is 1.00. The van der Waals surface area contributed by atoms with Gasteiger partial charge in [-0.1, -0.05) is 0 Å². The molecule has 0 aliphatic carbocycles. The van der Waals surface area contributed by atoms with Crippen molar-refractivity contribution < 1.29 is 18.6 Å². The predicted molar refractivity (Wildman–Crippen MR) is 90.3 cm³/mol. The second-order valence-corrected chi connectivity index (χ2v) is 9.45. The molecule has 2 aliphatic rings. The molecule has 0 amide bonds. The van der Waals surface area contributed by atoms with Crippen molar-refractivity contribution in [2.75, 3.05) is 64.7 Å². The Balaban J connectivity index is 2.10. The van der Waals surface area contributed by atoms with E-state index >= 15 is 0 Å². The molecule has 2 bridgehead atoms. The first-order valence-electron chi connectivity index (χ1n) is 8.51. The highest BCUT2D eigenvalue weighted by molar-refractivity contribution is 7.92. The molecule has 0 aromatic carbocycles. The molecule has 2 heterocycles. The predicted octanol–water partition coefficient (Wildman–Crippen LogP) is -1.54. The zero-order valence-corrected chi connectivity index (χ0v) is 15.1. The van der Waals surface area contributed by atoms with Crippen molar-refractivity contribution in [2.45, 2.75) is 31.3 Å². The van der Waals surface area contributed by atoms with Gasteiger partial charge >= 0.3 is 0 Å². The fourth-order valence-electron chi connectivity index (χ4n) is 3.44. The topological polar surface area (TPSA) is 84.3 Å². The summed E-state index contributed by atoms with van der Waals surface area (Å²) >= 11 is 0. The molecule has 0 aromatic heterocycles. The van der Waals surface area contributed by atoms with Crippen molar-refractivity contribution in [3.05, 3.63) is 0 Å². The molecular formula is C15H31N3O4S. The highest BCUT2D eigenvalue weighted by atomic mass is 32.2. The summed E-state index contributed by atoms with van der Waals surface area (Å²) in [5, 5.41) is 19.0. The zero-order chi connectivity index (χ0) is 17.0. The van der Waals surface area contributed by atoms with Gasteiger partial charge in [-0.25, -0.2) is 8.42 Å². The van der Waals surface area contributed by atoms with Crippen molar-refractivity contribution in [1.29, 1.82) is 0 Å². The van der Waals surface area contributed by atoms with Gasteiger partial charge < -0.3 is 10.2 Å². The van der Waals surface area contributed by atoms with Gasteiger partial charge in [-0.2, -0.15) is 0 Å². The van der Waals surface area contributed by atoms with Crippen LogP contribution in [-0.4, -0.2) is 115 Å². The van der Waals surface area contributed by atoms with Crippen molar-refractivity contribution >= 4 is 9.84 Å². The molecule has 2 unspecified atom stereocenters. The van der Waals surface area contributed by atoms with Crippen LogP contribution >= 0.6 is 0 Å². The number of aliphatic hydroxyl groups excluding tert-OH is 2. The van der Waals surface area contributed by atoms with Gasteiger partial charge in [0.25, 0.3) is 0 Å². The summed E-state index contributed by atoms with van der Waals surface area (Å²) in [6.45, 7) is 9.43. The number of sulfone groups is 1. The maximum absolute atomic E-state index is 12.3. The molecule has 23 heavy (non-hydrogen) atoms. The molecule has 0 saturated carbocycles. The van der Waals surface area contributed by atoms with Gasteiger partial charge in [0.05, 0.1) is 23.2 Å². The average molecular weight is 349 g/mol. The second-order valence-electron chi connectivity index (χ2n) is 7.05. The van der Waals surface area contributed by atoms with Gasteiger partial charge in [0.15, 0.2) is 9.84 Å². The van der Waals surface area contributed by atoms with Gasteiger partial charge in [0.2, 0.25) is 0 Å². The number of hydrogen-bond donors (Lipinski definition) is 2. The fourth-order valence-corrected chi connectivity index (χ4v) is 5.16. The molecule has 8 heteroatoms. The summed E-state index contributed by atoms with van der Waals surface area (Å²) in [5.74, 6) is 0.219. The number of β-amino-alcohol motifs (C(OH)–C–C–N with tert-alkyl or cyclic N) is 2. The molecule has 2 aliphatic heterocycles. The van der Waals surface area contributed by atoms with Crippen LogP contribution in [0.15, 0.2) is 0 Å². The van der Waals surface area contributed by atoms with Crippen LogP contribution in [-0.2, 0) is 9.84 Å². The number of hydrogen-bond acceptors (Lipinski definition) is 7. The molecule has 136 valence electrons. The van der Waals surface area contributed by atoms with Gasteiger partial charge in [0, 0.05) is 58.9 Å². The van der Waals surface area contributed by atoms with E-state index in [0.29, 0.717) is 39.3 Å². The van der Waals surface area contributed by atoms with Crippen molar-refractivity contribution in [2.24, 2.45) is 0 Å². The monoisotopic (exact) mass is 349 g/mol. The standard InChI is InChI=1S/C15H31N3O4S/c1-13(19)9-16-3-4-17-7-8-23(21,22)15(11-17)12-18(6-5-16)10-14(2)20/h13-15,19-20H,3-12H2,1-2H3/t13-,14-,15?/m0/s1. The van der Waals surface area contributed by atoms with E-state index in [-0.39, 0.29) is 17.1 Å². The van der Waals surface area contributed by atoms with Gasteiger partial charge in [-0.3, -0.25) is 14.7 Å². The molecule has 4 atom stereocenters. The summed E-state index contributed by atoms with van der Waals surface area (Å²) in [6.07, 6.45) is -0.858. The van der Waals surface area contributed by atoms with Crippen LogP contribution in [0.3, 0.4) is 0 Å². The highest BCUT2D eigenvalue weighted by Gasteiger charge is 2.35. The first-order chi connectivity index (χ1) is 10.8. The second kappa shape index (κ2) is 8.22. The molecule has 0 aromatic rings. The normalized spacial score (nSPS) is 33.0. The smallest absolute Gasteiger partial charge is 0.156 e. The molecule has 7 nitrogen and oxygen atoms in total. The summed E-state index contributed by atoms with van der Waals surface area (Å²) in [6, 6.07) is 0. The minimum absolute atomic E-state index is 0.219. The molecule has 2 N–H and O–H groups in total. The van der Waals surface area contributed by atoms with E-state index in [1.54, 1.807) is 13.8 Å². The summed E-state index contributed by atoms with van der Waals surface area (Å²) in [5.41, 5.74) is 0. The average Bonchev–Trinajstić information content (AvgIpc) is 2.43. The van der Waals surface area contributed by atoms with E-state index in [1.165, 1.54) is 0 Å². The SMILES string of the molecule is C[C@H](O)CN1CCN2CCS(=O)(=O)C(C2)CN(C[C@H](C)O)CC1. The minimum atomic E-state index is -3.04. The Hall–Kier alpha value is -0.250. The first kappa shape index (κ1) is 19.1. The van der Waals surface area contributed by atoms with Crippen LogP contribution in [0.4, 0.5) is 0 Å². The molecule has 2 saturated heterocycles. The summed E-state index contributed by atoms with van der Waals surface area (Å²) in [7, 11) is -3.04. The summed E-state index contributed by atoms with van der Waals surface area (Å²) in [4.78, 5) is 6.49. The van der Waals surface area contributed by atoms with E-state index in [1.807, 2.05) is 0 Å². The van der Waals surface area contributed by atoms with E-state index in [2.05, 4.69) is 14.7 Å². The lowest BCUT2D eigenvalue weighted by Gasteiger charge is -2.39. The van der Waals surface area contributed by atoms with E-state index < -0.39 is 15.9 Å². The van der Waals surface area contributed by atoms with E-state index in [9.17, 15) is 18.6 Å². The van der Waals surface area contributed by atoms with Gasteiger partial charge in [-0.05, 0) is 13.8 Å². The van der Waals surface area contributed by atoms with Crippen LogP contribution < -0.4 is 0 Å². The third-order valence-electron chi connectivity index (χ3n) is 4.63. The van der Waals surface area contributed by atoms with E-state index in [4.69, 9.17) is 0 Å². The third kappa shape index (κ3) is 5.95. The maximum Gasteiger partial charge on any atom is 0.156 e. The van der Waals surface area contributed by atoms with Crippen molar-refractivity contribution in [3.8, 4) is 0 Å². The number of aliphatic hydroxyl groups is 2. The van der Waals surface area contributed by atoms with Crippen LogP contribution in [0.1, 0.15) is 13.8 Å². The molecule has 2 fully saturated rings. The van der Waals surface area contributed by atoms with Crippen LogP contribution in [0.5, 0.6) is 0 Å². The van der Waals surface area contributed by atoms with Crippen molar-refractivity contribution in [3.63, 3.8) is 0 Å². The molecule has 0 radical (unpaired) electrons. The largest absolute Gasteiger partial charge is 0.392 e. The Kier molecular flexibility index (Phi) is 6.82.